The van der Waals surface area contributed by atoms with Crippen molar-refractivity contribution in [1.82, 2.24) is 19.8 Å². The molecular weight excluding hydrogens is 454 g/mol. The van der Waals surface area contributed by atoms with Gasteiger partial charge in [-0.3, -0.25) is 9.59 Å². The minimum absolute atomic E-state index is 0.0756. The quantitative estimate of drug-likeness (QED) is 0.570. The zero-order valence-corrected chi connectivity index (χ0v) is 20.2. The van der Waals surface area contributed by atoms with Gasteiger partial charge in [0.15, 0.2) is 11.4 Å². The van der Waals surface area contributed by atoms with Gasteiger partial charge < -0.3 is 19.5 Å². The molecule has 0 bridgehead atoms. The Balaban J connectivity index is 1.12. The number of aromatic nitrogens is 2. The van der Waals surface area contributed by atoms with Gasteiger partial charge in [0.05, 0.1) is 0 Å². The van der Waals surface area contributed by atoms with Crippen molar-refractivity contribution in [2.45, 2.75) is 32.2 Å². The van der Waals surface area contributed by atoms with Crippen LogP contribution in [0.5, 0.6) is 0 Å². The lowest BCUT2D eigenvalue weighted by molar-refractivity contribution is -0.138. The summed E-state index contributed by atoms with van der Waals surface area (Å²) in [6, 6.07) is 12.1. The predicted molar refractivity (Wildman–Crippen MR) is 137 cm³/mol. The molecule has 0 unspecified atom stereocenters. The number of fused-ring (bicyclic) bond motifs is 1. The molecule has 1 saturated carbocycles. The summed E-state index contributed by atoms with van der Waals surface area (Å²) < 4.78 is 6.18. The highest BCUT2D eigenvalue weighted by molar-refractivity contribution is 5.95. The maximum atomic E-state index is 13.1. The lowest BCUT2D eigenvalue weighted by atomic mass is 9.96. The molecule has 1 aromatic carbocycles. The second-order valence-corrected chi connectivity index (χ2v) is 9.66. The summed E-state index contributed by atoms with van der Waals surface area (Å²) in [5, 5.41) is 3.35. The van der Waals surface area contributed by atoms with E-state index in [4.69, 9.17) is 4.42 Å². The number of hydrogen-bond donors (Lipinski definition) is 1. The molecular formula is C28H29N5O3. The van der Waals surface area contributed by atoms with Crippen molar-refractivity contribution in [3.8, 4) is 0 Å². The van der Waals surface area contributed by atoms with Gasteiger partial charge in [0.25, 0.3) is 0 Å². The van der Waals surface area contributed by atoms with Gasteiger partial charge in [-0.2, -0.15) is 0 Å². The van der Waals surface area contributed by atoms with E-state index in [0.717, 1.165) is 47.2 Å². The van der Waals surface area contributed by atoms with Crippen LogP contribution in [0.15, 0.2) is 64.9 Å². The molecule has 2 aromatic heterocycles. The maximum Gasteiger partial charge on any atom is 0.249 e. The molecule has 0 atom stereocenters. The molecule has 3 heterocycles. The standard InChI is InChI=1S/C28H29N5O3/c34-27(32-12-14-33(15-13-32)28(35)22-10-11-22)21-8-6-20(7-9-21)24-16-23-25(36-24)26(31-18-30-23)29-17-19-4-2-1-3-5-19/h1-6,8,16,18,22H,7,9-15,17H2,(H,29,30,31). The second kappa shape index (κ2) is 9.60. The third-order valence-electron chi connectivity index (χ3n) is 7.16. The van der Waals surface area contributed by atoms with Gasteiger partial charge in [0, 0.05) is 50.3 Å². The number of furan rings is 1. The van der Waals surface area contributed by atoms with Crippen LogP contribution in [-0.4, -0.2) is 57.8 Å². The lowest BCUT2D eigenvalue weighted by Crippen LogP contribution is -2.51. The zero-order valence-electron chi connectivity index (χ0n) is 20.2. The minimum Gasteiger partial charge on any atom is -0.451 e. The molecule has 2 aliphatic carbocycles. The monoisotopic (exact) mass is 483 g/mol. The van der Waals surface area contributed by atoms with Gasteiger partial charge in [-0.15, -0.1) is 0 Å². The lowest BCUT2D eigenvalue weighted by Gasteiger charge is -2.35. The molecule has 2 amide bonds. The van der Waals surface area contributed by atoms with Gasteiger partial charge in [0.1, 0.15) is 17.6 Å². The highest BCUT2D eigenvalue weighted by Gasteiger charge is 2.35. The summed E-state index contributed by atoms with van der Waals surface area (Å²) in [5.41, 5.74) is 4.39. The van der Waals surface area contributed by atoms with E-state index in [2.05, 4.69) is 27.4 Å². The first kappa shape index (κ1) is 22.5. The van der Waals surface area contributed by atoms with E-state index in [1.807, 2.05) is 46.2 Å². The Labute approximate surface area is 209 Å². The van der Waals surface area contributed by atoms with Crippen LogP contribution < -0.4 is 5.32 Å². The Bertz CT molecular complexity index is 1350. The number of carbonyl (C=O) groups is 2. The number of anilines is 1. The number of nitrogens with zero attached hydrogens (tertiary/aromatic N) is 4. The number of nitrogens with one attached hydrogen (secondary N) is 1. The number of piperazine rings is 1. The van der Waals surface area contributed by atoms with Gasteiger partial charge in [-0.25, -0.2) is 9.97 Å². The van der Waals surface area contributed by atoms with E-state index >= 15 is 0 Å². The number of carbonyl (C=O) groups excluding carboxylic acids is 2. The van der Waals surface area contributed by atoms with Gasteiger partial charge in [-0.05, 0) is 36.8 Å². The molecule has 1 aliphatic heterocycles. The molecule has 0 spiro atoms. The van der Waals surface area contributed by atoms with Crippen LogP contribution in [0, 0.1) is 5.92 Å². The zero-order chi connectivity index (χ0) is 24.5. The van der Waals surface area contributed by atoms with Crippen LogP contribution in [-0.2, 0) is 16.1 Å². The van der Waals surface area contributed by atoms with E-state index in [0.29, 0.717) is 50.5 Å². The van der Waals surface area contributed by atoms with Crippen LogP contribution in [0.4, 0.5) is 5.82 Å². The van der Waals surface area contributed by atoms with Crippen LogP contribution in [0.1, 0.15) is 37.0 Å². The molecule has 1 saturated heterocycles. The molecule has 184 valence electrons. The molecule has 0 radical (unpaired) electrons. The first-order valence-electron chi connectivity index (χ1n) is 12.7. The first-order valence-corrected chi connectivity index (χ1v) is 12.7. The summed E-state index contributed by atoms with van der Waals surface area (Å²) in [6.07, 6.45) is 8.85. The van der Waals surface area contributed by atoms with Crippen molar-refractivity contribution in [1.29, 1.82) is 0 Å². The summed E-state index contributed by atoms with van der Waals surface area (Å²) in [6.45, 7) is 3.12. The molecule has 3 aromatic rings. The van der Waals surface area contributed by atoms with E-state index in [9.17, 15) is 9.59 Å². The Morgan fingerprint density at radius 3 is 2.47 bits per heavy atom. The molecule has 8 heteroatoms. The number of amides is 2. The molecule has 8 nitrogen and oxygen atoms in total. The Kier molecular flexibility index (Phi) is 6.01. The van der Waals surface area contributed by atoms with Gasteiger partial charge >= 0.3 is 0 Å². The maximum absolute atomic E-state index is 13.1. The van der Waals surface area contributed by atoms with Crippen LogP contribution >= 0.6 is 0 Å². The third-order valence-corrected chi connectivity index (χ3v) is 7.16. The van der Waals surface area contributed by atoms with Crippen LogP contribution in [0.2, 0.25) is 0 Å². The fourth-order valence-corrected chi connectivity index (χ4v) is 4.86. The van der Waals surface area contributed by atoms with Crippen molar-refractivity contribution in [3.05, 3.63) is 71.8 Å². The summed E-state index contributed by atoms with van der Waals surface area (Å²) in [7, 11) is 0. The van der Waals surface area contributed by atoms with Crippen molar-refractivity contribution < 1.29 is 14.0 Å². The molecule has 3 aliphatic rings. The number of allylic oxidation sites excluding steroid dienone is 3. The summed E-state index contributed by atoms with van der Waals surface area (Å²) >= 11 is 0. The van der Waals surface area contributed by atoms with E-state index < -0.39 is 0 Å². The summed E-state index contributed by atoms with van der Waals surface area (Å²) in [5.74, 6) is 1.99. The van der Waals surface area contributed by atoms with Crippen molar-refractivity contribution in [2.75, 3.05) is 31.5 Å². The molecule has 36 heavy (non-hydrogen) atoms. The topological polar surface area (TPSA) is 91.6 Å². The normalized spacial score (nSPS) is 18.1. The highest BCUT2D eigenvalue weighted by Crippen LogP contribution is 2.34. The average Bonchev–Trinajstić information content (AvgIpc) is 3.70. The van der Waals surface area contributed by atoms with E-state index in [-0.39, 0.29) is 17.7 Å². The fraction of sp³-hybridized carbons (Fsp3) is 0.357. The third kappa shape index (κ3) is 4.63. The van der Waals surface area contributed by atoms with E-state index in [1.165, 1.54) is 0 Å². The van der Waals surface area contributed by atoms with Crippen molar-refractivity contribution in [2.24, 2.45) is 5.92 Å². The van der Waals surface area contributed by atoms with Crippen LogP contribution in [0.25, 0.3) is 16.7 Å². The summed E-state index contributed by atoms with van der Waals surface area (Å²) in [4.78, 5) is 37.9. The number of benzene rings is 1. The Morgan fingerprint density at radius 2 is 1.75 bits per heavy atom. The van der Waals surface area contributed by atoms with E-state index in [1.54, 1.807) is 6.33 Å². The second-order valence-electron chi connectivity index (χ2n) is 9.66. The predicted octanol–water partition coefficient (Wildman–Crippen LogP) is 4.02. The number of hydrogen-bond acceptors (Lipinski definition) is 6. The van der Waals surface area contributed by atoms with Gasteiger partial charge in [-0.1, -0.05) is 42.5 Å². The average molecular weight is 484 g/mol. The Hall–Kier alpha value is -3.94. The highest BCUT2D eigenvalue weighted by atomic mass is 16.3. The van der Waals surface area contributed by atoms with Gasteiger partial charge in [0.2, 0.25) is 11.8 Å². The largest absolute Gasteiger partial charge is 0.451 e. The van der Waals surface area contributed by atoms with Crippen molar-refractivity contribution in [3.63, 3.8) is 0 Å². The first-order chi connectivity index (χ1) is 17.7. The van der Waals surface area contributed by atoms with Crippen LogP contribution in [0.3, 0.4) is 0 Å². The fourth-order valence-electron chi connectivity index (χ4n) is 4.86. The Morgan fingerprint density at radius 1 is 0.972 bits per heavy atom. The SMILES string of the molecule is O=C(C1=CC=C(c2cc3ncnc(NCc4ccccc4)c3o2)CC1)N1CCN(C(=O)C2CC2)CC1. The van der Waals surface area contributed by atoms with Crippen molar-refractivity contribution >= 4 is 34.3 Å². The smallest absolute Gasteiger partial charge is 0.249 e. The minimum atomic E-state index is 0.0756. The molecule has 2 fully saturated rings. The number of rotatable bonds is 6. The molecule has 6 rings (SSSR count). The molecule has 1 N–H and O–H groups in total.